The van der Waals surface area contributed by atoms with E-state index in [1.807, 2.05) is 0 Å². The molecule has 0 unspecified atom stereocenters. The molecule has 1 aliphatic carbocycles. The first-order chi connectivity index (χ1) is 13.4. The van der Waals surface area contributed by atoms with Gasteiger partial charge in [0.05, 0.1) is 27.2 Å². The highest BCUT2D eigenvalue weighted by atomic mass is 35.5. The van der Waals surface area contributed by atoms with Crippen LogP contribution in [0, 0.1) is 0 Å². The lowest BCUT2D eigenvalue weighted by molar-refractivity contribution is 0.482. The second kappa shape index (κ2) is 7.75. The number of nitrogens with zero attached hydrogens (tertiary/aromatic N) is 1. The topological polar surface area (TPSA) is 84.1 Å². The van der Waals surface area contributed by atoms with Crippen molar-refractivity contribution in [1.29, 1.82) is 0 Å². The summed E-state index contributed by atoms with van der Waals surface area (Å²) in [5.74, 6) is 0.762. The van der Waals surface area contributed by atoms with Gasteiger partial charge in [-0.3, -0.25) is 5.10 Å². The summed E-state index contributed by atoms with van der Waals surface area (Å²) in [7, 11) is -3.76. The van der Waals surface area contributed by atoms with E-state index in [0.717, 1.165) is 24.1 Å². The summed E-state index contributed by atoms with van der Waals surface area (Å²) < 4.78 is 34.1. The maximum Gasteiger partial charge on any atom is 0.241 e. The summed E-state index contributed by atoms with van der Waals surface area (Å²) in [5, 5.41) is 7.56. The quantitative estimate of drug-likeness (QED) is 0.596. The lowest BCUT2D eigenvalue weighted by atomic mass is 9.94. The summed E-state index contributed by atoms with van der Waals surface area (Å²) in [5.41, 5.74) is 1.86. The molecule has 0 radical (unpaired) electrons. The van der Waals surface area contributed by atoms with Crippen LogP contribution >= 0.6 is 23.2 Å². The lowest BCUT2D eigenvalue weighted by Gasteiger charge is -2.23. The average molecular weight is 438 g/mol. The van der Waals surface area contributed by atoms with Crippen molar-refractivity contribution in [3.63, 3.8) is 0 Å². The van der Waals surface area contributed by atoms with Crippen LogP contribution in [0.25, 0.3) is 0 Å². The summed E-state index contributed by atoms with van der Waals surface area (Å²) in [6, 6.07) is 11.0. The zero-order chi connectivity index (χ0) is 19.7. The van der Waals surface area contributed by atoms with E-state index >= 15 is 0 Å². The predicted octanol–water partition coefficient (Wildman–Crippen LogP) is 4.86. The van der Waals surface area contributed by atoms with Gasteiger partial charge in [0.25, 0.3) is 0 Å². The number of para-hydroxylation sites is 1. The Labute approximate surface area is 172 Å². The van der Waals surface area contributed by atoms with Crippen molar-refractivity contribution >= 4 is 33.2 Å². The molecule has 6 nitrogen and oxygen atoms in total. The summed E-state index contributed by atoms with van der Waals surface area (Å²) in [6.45, 7) is 0. The van der Waals surface area contributed by atoms with Crippen molar-refractivity contribution in [1.82, 2.24) is 14.9 Å². The Morgan fingerprint density at radius 2 is 1.89 bits per heavy atom. The number of benzene rings is 2. The standard InChI is InChI=1S/C19H17Cl2N3O3S/c20-14-4-1-2-7-18(14)27-19-9-8-12(10-15(19)21)28(25,26)24-17-6-3-5-16-13(17)11-22-23-16/h1-2,4,7-11,17,24H,3,5-6H2,(H,22,23)/t17-/m1/s1. The van der Waals surface area contributed by atoms with Crippen LogP contribution in [-0.4, -0.2) is 18.6 Å². The number of hydrogen-bond acceptors (Lipinski definition) is 4. The number of aromatic nitrogens is 2. The smallest absolute Gasteiger partial charge is 0.241 e. The van der Waals surface area contributed by atoms with Crippen molar-refractivity contribution in [3.8, 4) is 11.5 Å². The number of sulfonamides is 1. The van der Waals surface area contributed by atoms with E-state index in [9.17, 15) is 8.42 Å². The maximum absolute atomic E-state index is 12.8. The summed E-state index contributed by atoms with van der Waals surface area (Å²) in [4.78, 5) is 0.0691. The van der Waals surface area contributed by atoms with Gasteiger partial charge >= 0.3 is 0 Å². The second-order valence-corrected chi connectivity index (χ2v) is 9.02. The van der Waals surface area contributed by atoms with Crippen LogP contribution in [0.1, 0.15) is 30.1 Å². The molecule has 0 aliphatic heterocycles. The van der Waals surface area contributed by atoms with E-state index in [2.05, 4.69) is 14.9 Å². The molecular formula is C19H17Cl2N3O3S. The highest BCUT2D eigenvalue weighted by Crippen LogP contribution is 2.35. The van der Waals surface area contributed by atoms with Gasteiger partial charge in [-0.25, -0.2) is 13.1 Å². The molecule has 0 saturated carbocycles. The van der Waals surface area contributed by atoms with Crippen LogP contribution < -0.4 is 9.46 Å². The molecule has 2 aromatic carbocycles. The number of aryl methyl sites for hydroxylation is 1. The van der Waals surface area contributed by atoms with Gasteiger partial charge in [0.1, 0.15) is 11.5 Å². The summed E-state index contributed by atoms with van der Waals surface area (Å²) >= 11 is 12.4. The van der Waals surface area contributed by atoms with Gasteiger partial charge in [0.2, 0.25) is 10.0 Å². The van der Waals surface area contributed by atoms with Crippen LogP contribution in [0.15, 0.2) is 53.6 Å². The first kappa shape index (κ1) is 19.3. The summed E-state index contributed by atoms with van der Waals surface area (Å²) in [6.07, 6.45) is 4.14. The highest BCUT2D eigenvalue weighted by molar-refractivity contribution is 7.89. The number of H-pyrrole nitrogens is 1. The molecule has 0 amide bonds. The Hall–Kier alpha value is -2.06. The normalized spacial score (nSPS) is 16.6. The zero-order valence-corrected chi connectivity index (χ0v) is 17.0. The molecule has 3 aromatic rings. The minimum Gasteiger partial charge on any atom is -0.454 e. The average Bonchev–Trinajstić information content (AvgIpc) is 3.15. The number of fused-ring (bicyclic) bond motifs is 1. The van der Waals surface area contributed by atoms with E-state index in [1.165, 1.54) is 18.2 Å². The lowest BCUT2D eigenvalue weighted by Crippen LogP contribution is -2.30. The largest absolute Gasteiger partial charge is 0.454 e. The fraction of sp³-hybridized carbons (Fsp3) is 0.211. The fourth-order valence-electron chi connectivity index (χ4n) is 3.22. The van der Waals surface area contributed by atoms with Crippen LogP contribution in [0.2, 0.25) is 10.0 Å². The fourth-order valence-corrected chi connectivity index (χ4v) is 4.95. The first-order valence-corrected chi connectivity index (χ1v) is 10.9. The highest BCUT2D eigenvalue weighted by Gasteiger charge is 2.27. The van der Waals surface area contributed by atoms with E-state index < -0.39 is 10.0 Å². The van der Waals surface area contributed by atoms with Crippen LogP contribution in [0.3, 0.4) is 0 Å². The van der Waals surface area contributed by atoms with E-state index in [1.54, 1.807) is 30.5 Å². The van der Waals surface area contributed by atoms with E-state index in [0.29, 0.717) is 22.9 Å². The third-order valence-corrected chi connectivity index (χ3v) is 6.69. The third kappa shape index (κ3) is 3.89. The SMILES string of the molecule is O=S(=O)(N[C@@H]1CCCc2[nH]ncc21)c1ccc(Oc2ccccc2Cl)c(Cl)c1. The predicted molar refractivity (Wildman–Crippen MR) is 108 cm³/mol. The van der Waals surface area contributed by atoms with Crippen molar-refractivity contribution < 1.29 is 13.2 Å². The minimum absolute atomic E-state index is 0.0691. The number of ether oxygens (including phenoxy) is 1. The van der Waals surface area contributed by atoms with E-state index in [-0.39, 0.29) is 16.0 Å². The van der Waals surface area contributed by atoms with Gasteiger partial charge in [0.15, 0.2) is 0 Å². The van der Waals surface area contributed by atoms with Crippen molar-refractivity contribution in [2.45, 2.75) is 30.2 Å². The molecule has 9 heteroatoms. The van der Waals surface area contributed by atoms with Gasteiger partial charge < -0.3 is 4.74 Å². The molecule has 2 N–H and O–H groups in total. The molecule has 28 heavy (non-hydrogen) atoms. The second-order valence-electron chi connectivity index (χ2n) is 6.49. The third-order valence-electron chi connectivity index (χ3n) is 4.61. The van der Waals surface area contributed by atoms with Gasteiger partial charge in [-0.1, -0.05) is 35.3 Å². The van der Waals surface area contributed by atoms with Gasteiger partial charge in [0, 0.05) is 11.3 Å². The zero-order valence-electron chi connectivity index (χ0n) is 14.7. The molecule has 0 spiro atoms. The number of halogens is 2. The molecule has 4 rings (SSSR count). The Morgan fingerprint density at radius 1 is 1.11 bits per heavy atom. The van der Waals surface area contributed by atoms with Gasteiger partial charge in [-0.05, 0) is 49.6 Å². The molecule has 0 saturated heterocycles. The number of nitrogens with one attached hydrogen (secondary N) is 2. The molecular weight excluding hydrogens is 421 g/mol. The van der Waals surface area contributed by atoms with Crippen LogP contribution in [-0.2, 0) is 16.4 Å². The van der Waals surface area contributed by atoms with Crippen LogP contribution in [0.5, 0.6) is 11.5 Å². The van der Waals surface area contributed by atoms with E-state index in [4.69, 9.17) is 27.9 Å². The molecule has 1 heterocycles. The Bertz CT molecular complexity index is 1120. The minimum atomic E-state index is -3.76. The molecule has 0 bridgehead atoms. The van der Waals surface area contributed by atoms with Gasteiger partial charge in [-0.2, -0.15) is 5.10 Å². The Morgan fingerprint density at radius 3 is 2.68 bits per heavy atom. The van der Waals surface area contributed by atoms with Crippen molar-refractivity contribution in [2.24, 2.45) is 0 Å². The molecule has 0 fully saturated rings. The Balaban J connectivity index is 1.56. The van der Waals surface area contributed by atoms with Crippen molar-refractivity contribution in [2.75, 3.05) is 0 Å². The first-order valence-electron chi connectivity index (χ1n) is 8.70. The van der Waals surface area contributed by atoms with Crippen molar-refractivity contribution in [3.05, 3.63) is 70.0 Å². The molecule has 1 aliphatic rings. The number of rotatable bonds is 5. The maximum atomic E-state index is 12.8. The molecule has 1 atom stereocenters. The molecule has 1 aromatic heterocycles. The van der Waals surface area contributed by atoms with Gasteiger partial charge in [-0.15, -0.1) is 0 Å². The van der Waals surface area contributed by atoms with Crippen LogP contribution in [0.4, 0.5) is 0 Å². The number of hydrogen-bond donors (Lipinski definition) is 2. The monoisotopic (exact) mass is 437 g/mol. The molecule has 146 valence electrons. The Kier molecular flexibility index (Phi) is 5.33. The number of aromatic amines is 1.